The van der Waals surface area contributed by atoms with Crippen LogP contribution in [0.1, 0.15) is 18.4 Å². The van der Waals surface area contributed by atoms with E-state index in [1.165, 1.54) is 23.1 Å². The van der Waals surface area contributed by atoms with Crippen LogP contribution in [-0.4, -0.2) is 35.9 Å². The summed E-state index contributed by atoms with van der Waals surface area (Å²) in [5, 5.41) is 2.06. The molecule has 3 aromatic rings. The standard InChI is InChI=1S/C21H20Cl2N2O2S2/c1-13-9-15(23)10-18-20(13)24-21(29-18)25(11-16-3-2-8-27-16)19(26)12-28-17-6-4-14(22)5-7-17/h4-7,9-10,16H,2-3,8,11-12H2,1H3. The van der Waals surface area contributed by atoms with E-state index in [0.717, 1.165) is 40.1 Å². The Hall–Kier alpha value is -1.31. The van der Waals surface area contributed by atoms with E-state index in [0.29, 0.717) is 27.5 Å². The number of hydrogen-bond donors (Lipinski definition) is 0. The number of ether oxygens (including phenoxy) is 1. The fraction of sp³-hybridized carbons (Fsp3) is 0.333. The van der Waals surface area contributed by atoms with Gasteiger partial charge in [0.05, 0.1) is 28.6 Å². The SMILES string of the molecule is Cc1cc(Cl)cc2sc(N(CC3CCCO3)C(=O)CSc3ccc(Cl)cc3)nc12. The van der Waals surface area contributed by atoms with E-state index in [4.69, 9.17) is 32.9 Å². The highest BCUT2D eigenvalue weighted by Gasteiger charge is 2.26. The molecule has 152 valence electrons. The smallest absolute Gasteiger partial charge is 0.239 e. The molecule has 4 nitrogen and oxygen atoms in total. The summed E-state index contributed by atoms with van der Waals surface area (Å²) in [7, 11) is 0. The van der Waals surface area contributed by atoms with Gasteiger partial charge in [-0.3, -0.25) is 9.69 Å². The minimum Gasteiger partial charge on any atom is -0.376 e. The number of rotatable bonds is 6. The second kappa shape index (κ2) is 9.23. The van der Waals surface area contributed by atoms with Crippen LogP contribution in [0.2, 0.25) is 10.0 Å². The summed E-state index contributed by atoms with van der Waals surface area (Å²) < 4.78 is 6.77. The molecule has 8 heteroatoms. The Morgan fingerprint density at radius 2 is 2.07 bits per heavy atom. The Morgan fingerprint density at radius 3 is 2.79 bits per heavy atom. The van der Waals surface area contributed by atoms with Gasteiger partial charge in [-0.25, -0.2) is 4.98 Å². The molecule has 1 aromatic heterocycles. The first kappa shape index (κ1) is 20.9. The number of aromatic nitrogens is 1. The molecule has 29 heavy (non-hydrogen) atoms. The van der Waals surface area contributed by atoms with Crippen molar-refractivity contribution in [3.05, 3.63) is 52.0 Å². The monoisotopic (exact) mass is 466 g/mol. The first-order valence-electron chi connectivity index (χ1n) is 9.36. The summed E-state index contributed by atoms with van der Waals surface area (Å²) in [5.74, 6) is 0.340. The molecule has 1 aliphatic heterocycles. The molecule has 1 aliphatic rings. The maximum absolute atomic E-state index is 13.2. The number of anilines is 1. The fourth-order valence-corrected chi connectivity index (χ4v) is 5.64. The van der Waals surface area contributed by atoms with Crippen molar-refractivity contribution in [3.8, 4) is 0 Å². The number of benzene rings is 2. The van der Waals surface area contributed by atoms with E-state index >= 15 is 0 Å². The molecule has 2 heterocycles. The number of thioether (sulfide) groups is 1. The Kier molecular flexibility index (Phi) is 6.66. The molecule has 4 rings (SSSR count). The van der Waals surface area contributed by atoms with Gasteiger partial charge < -0.3 is 4.74 Å². The van der Waals surface area contributed by atoms with E-state index in [1.807, 2.05) is 43.3 Å². The highest BCUT2D eigenvalue weighted by molar-refractivity contribution is 8.00. The topological polar surface area (TPSA) is 42.4 Å². The highest BCUT2D eigenvalue weighted by atomic mass is 35.5. The van der Waals surface area contributed by atoms with Gasteiger partial charge in [0.2, 0.25) is 5.91 Å². The van der Waals surface area contributed by atoms with Gasteiger partial charge in [-0.15, -0.1) is 11.8 Å². The number of nitrogens with zero attached hydrogens (tertiary/aromatic N) is 2. The molecule has 0 spiro atoms. The molecule has 1 amide bonds. The lowest BCUT2D eigenvalue weighted by molar-refractivity contribution is -0.116. The summed E-state index contributed by atoms with van der Waals surface area (Å²) in [6.45, 7) is 3.26. The van der Waals surface area contributed by atoms with Crippen molar-refractivity contribution < 1.29 is 9.53 Å². The molecule has 2 aromatic carbocycles. The third-order valence-electron chi connectivity index (χ3n) is 4.76. The average Bonchev–Trinajstić information content (AvgIpc) is 3.35. The zero-order valence-corrected chi connectivity index (χ0v) is 19.0. The molecular formula is C21H20Cl2N2O2S2. The van der Waals surface area contributed by atoms with Crippen molar-refractivity contribution in [2.75, 3.05) is 23.8 Å². The molecule has 1 unspecified atom stereocenters. The second-order valence-corrected chi connectivity index (χ2v) is 9.88. The molecule has 0 bridgehead atoms. The van der Waals surface area contributed by atoms with Crippen LogP contribution in [-0.2, 0) is 9.53 Å². The number of hydrogen-bond acceptors (Lipinski definition) is 5. The highest BCUT2D eigenvalue weighted by Crippen LogP contribution is 2.34. The molecule has 0 N–H and O–H groups in total. The van der Waals surface area contributed by atoms with Gasteiger partial charge in [0.15, 0.2) is 5.13 Å². The van der Waals surface area contributed by atoms with Crippen LogP contribution in [0.25, 0.3) is 10.2 Å². The lowest BCUT2D eigenvalue weighted by Gasteiger charge is -2.23. The van der Waals surface area contributed by atoms with Crippen LogP contribution in [0.15, 0.2) is 41.3 Å². The summed E-state index contributed by atoms with van der Waals surface area (Å²) in [6, 6.07) is 11.3. The molecule has 0 aliphatic carbocycles. The van der Waals surface area contributed by atoms with Crippen LogP contribution in [0.3, 0.4) is 0 Å². The van der Waals surface area contributed by atoms with Gasteiger partial charge >= 0.3 is 0 Å². The summed E-state index contributed by atoms with van der Waals surface area (Å²) >= 11 is 15.1. The molecule has 1 saturated heterocycles. The Balaban J connectivity index is 1.57. The Bertz CT molecular complexity index is 1020. The lowest BCUT2D eigenvalue weighted by Crippen LogP contribution is -2.38. The number of aryl methyl sites for hydroxylation is 1. The predicted molar refractivity (Wildman–Crippen MR) is 123 cm³/mol. The Morgan fingerprint density at radius 1 is 1.28 bits per heavy atom. The van der Waals surface area contributed by atoms with E-state index in [2.05, 4.69) is 0 Å². The zero-order chi connectivity index (χ0) is 20.4. The number of halogens is 2. The third-order valence-corrected chi connectivity index (χ3v) is 7.25. The van der Waals surface area contributed by atoms with Gasteiger partial charge in [-0.1, -0.05) is 34.5 Å². The third kappa shape index (κ3) is 5.06. The predicted octanol–water partition coefficient (Wildman–Crippen LogP) is 6.22. The van der Waals surface area contributed by atoms with E-state index < -0.39 is 0 Å². The van der Waals surface area contributed by atoms with Gasteiger partial charge in [0.1, 0.15) is 0 Å². The van der Waals surface area contributed by atoms with Crippen LogP contribution < -0.4 is 4.90 Å². The number of amides is 1. The minimum absolute atomic E-state index is 0.0169. The zero-order valence-electron chi connectivity index (χ0n) is 15.9. The summed E-state index contributed by atoms with van der Waals surface area (Å²) in [4.78, 5) is 20.7. The van der Waals surface area contributed by atoms with Crippen LogP contribution >= 0.6 is 46.3 Å². The van der Waals surface area contributed by atoms with Crippen molar-refractivity contribution >= 4 is 67.6 Å². The maximum Gasteiger partial charge on any atom is 0.239 e. The van der Waals surface area contributed by atoms with Gasteiger partial charge in [0.25, 0.3) is 0 Å². The van der Waals surface area contributed by atoms with Gasteiger partial charge in [-0.05, 0) is 61.7 Å². The van der Waals surface area contributed by atoms with Crippen molar-refractivity contribution in [2.45, 2.75) is 30.8 Å². The van der Waals surface area contributed by atoms with Crippen molar-refractivity contribution in [1.82, 2.24) is 4.98 Å². The van der Waals surface area contributed by atoms with Gasteiger partial charge in [-0.2, -0.15) is 0 Å². The van der Waals surface area contributed by atoms with Crippen molar-refractivity contribution in [1.29, 1.82) is 0 Å². The van der Waals surface area contributed by atoms with E-state index in [-0.39, 0.29) is 12.0 Å². The maximum atomic E-state index is 13.2. The van der Waals surface area contributed by atoms with Crippen molar-refractivity contribution in [2.24, 2.45) is 0 Å². The van der Waals surface area contributed by atoms with E-state index in [9.17, 15) is 4.79 Å². The Labute approximate surface area is 188 Å². The van der Waals surface area contributed by atoms with Crippen molar-refractivity contribution in [3.63, 3.8) is 0 Å². The first-order valence-corrected chi connectivity index (χ1v) is 11.9. The number of carbonyl (C=O) groups excluding carboxylic acids is 1. The number of fused-ring (bicyclic) bond motifs is 1. The molecular weight excluding hydrogens is 447 g/mol. The second-order valence-electron chi connectivity index (χ2n) is 6.95. The largest absolute Gasteiger partial charge is 0.376 e. The molecule has 1 atom stereocenters. The lowest BCUT2D eigenvalue weighted by atomic mass is 10.2. The minimum atomic E-state index is 0.0169. The fourth-order valence-electron chi connectivity index (χ4n) is 3.29. The molecule has 0 saturated carbocycles. The molecule has 1 fully saturated rings. The van der Waals surface area contributed by atoms with Crippen LogP contribution in [0.5, 0.6) is 0 Å². The molecule has 0 radical (unpaired) electrons. The average molecular weight is 467 g/mol. The van der Waals surface area contributed by atoms with Crippen LogP contribution in [0, 0.1) is 6.92 Å². The quantitative estimate of drug-likeness (QED) is 0.404. The normalized spacial score (nSPS) is 16.4. The summed E-state index contributed by atoms with van der Waals surface area (Å²) in [6.07, 6.45) is 2.04. The van der Waals surface area contributed by atoms with E-state index in [1.54, 1.807) is 4.90 Å². The first-order chi connectivity index (χ1) is 14.0. The number of carbonyl (C=O) groups is 1. The van der Waals surface area contributed by atoms with Gasteiger partial charge in [0, 0.05) is 21.5 Å². The van der Waals surface area contributed by atoms with Crippen LogP contribution in [0.4, 0.5) is 5.13 Å². The summed E-state index contributed by atoms with van der Waals surface area (Å²) in [5.41, 5.74) is 1.90. The number of thiazole rings is 1.